The Hall–Kier alpha value is -3.09. The number of hydrogen-bond donors (Lipinski definition) is 0. The Bertz CT molecular complexity index is 744. The first-order valence-corrected chi connectivity index (χ1v) is 6.18. The van der Waals surface area contributed by atoms with Gasteiger partial charge in [0.1, 0.15) is 5.82 Å². The monoisotopic (exact) mass is 303 g/mol. The molecule has 0 fully saturated rings. The number of carbonyl (C=O) groups excluding carboxylic acids is 2. The normalized spacial score (nSPS) is 10.0. The molecular weight excluding hydrogens is 293 g/mol. The van der Waals surface area contributed by atoms with Crippen LogP contribution in [0.15, 0.2) is 48.5 Å². The molecule has 0 unspecified atom stereocenters. The van der Waals surface area contributed by atoms with Crippen LogP contribution < -0.4 is 0 Å². The predicted octanol–water partition coefficient (Wildman–Crippen LogP) is 2.77. The largest absolute Gasteiger partial charge is 0.454 e. The quantitative estimate of drug-likeness (QED) is 0.367. The highest BCUT2D eigenvalue weighted by molar-refractivity contribution is 5.99. The van der Waals surface area contributed by atoms with Crippen molar-refractivity contribution >= 4 is 17.4 Å². The number of benzene rings is 2. The molecule has 0 atom stereocenters. The zero-order valence-corrected chi connectivity index (χ0v) is 11.2. The summed E-state index contributed by atoms with van der Waals surface area (Å²) in [6.07, 6.45) is 0. The fourth-order valence-electron chi connectivity index (χ4n) is 1.71. The number of halogens is 1. The second-order valence-electron chi connectivity index (χ2n) is 4.32. The number of ether oxygens (including phenoxy) is 1. The van der Waals surface area contributed by atoms with Crippen LogP contribution in [0.25, 0.3) is 0 Å². The molecular formula is C15H10FNO5. The Kier molecular flexibility index (Phi) is 4.57. The van der Waals surface area contributed by atoms with Crippen LogP contribution in [0.3, 0.4) is 0 Å². The fraction of sp³-hybridized carbons (Fsp3) is 0.0667. The number of carbonyl (C=O) groups is 2. The fourth-order valence-corrected chi connectivity index (χ4v) is 1.71. The van der Waals surface area contributed by atoms with Gasteiger partial charge in [-0.15, -0.1) is 0 Å². The molecule has 2 rings (SSSR count). The number of nitro benzene ring substituents is 1. The minimum atomic E-state index is -0.867. The van der Waals surface area contributed by atoms with E-state index in [4.69, 9.17) is 4.74 Å². The molecule has 0 aliphatic heterocycles. The number of hydrogen-bond acceptors (Lipinski definition) is 5. The van der Waals surface area contributed by atoms with Gasteiger partial charge in [0.25, 0.3) is 5.69 Å². The lowest BCUT2D eigenvalue weighted by molar-refractivity contribution is -0.384. The summed E-state index contributed by atoms with van der Waals surface area (Å²) in [5, 5.41) is 10.6. The minimum absolute atomic E-state index is 0.0405. The van der Waals surface area contributed by atoms with E-state index in [2.05, 4.69) is 0 Å². The Labute approximate surface area is 124 Å². The maximum atomic E-state index is 13.0. The number of nitrogens with zero attached hydrogens (tertiary/aromatic N) is 1. The minimum Gasteiger partial charge on any atom is -0.454 e. The first-order chi connectivity index (χ1) is 10.5. The zero-order valence-electron chi connectivity index (χ0n) is 11.2. The second-order valence-corrected chi connectivity index (χ2v) is 4.32. The van der Waals surface area contributed by atoms with Crippen LogP contribution in [-0.2, 0) is 4.74 Å². The lowest BCUT2D eigenvalue weighted by atomic mass is 10.1. The molecule has 0 aliphatic rings. The Balaban J connectivity index is 2.02. The van der Waals surface area contributed by atoms with Crippen LogP contribution in [0.4, 0.5) is 10.1 Å². The summed E-state index contributed by atoms with van der Waals surface area (Å²) in [7, 11) is 0. The van der Waals surface area contributed by atoms with Crippen molar-refractivity contribution < 1.29 is 23.6 Å². The average molecular weight is 303 g/mol. The van der Waals surface area contributed by atoms with Crippen molar-refractivity contribution in [2.75, 3.05) is 6.61 Å². The highest BCUT2D eigenvalue weighted by Crippen LogP contribution is 2.14. The molecule has 6 nitrogen and oxygen atoms in total. The van der Waals surface area contributed by atoms with Crippen molar-refractivity contribution in [1.82, 2.24) is 0 Å². The van der Waals surface area contributed by atoms with Crippen LogP contribution in [-0.4, -0.2) is 23.3 Å². The van der Waals surface area contributed by atoms with Gasteiger partial charge in [-0.1, -0.05) is 18.2 Å². The topological polar surface area (TPSA) is 86.5 Å². The van der Waals surface area contributed by atoms with Crippen molar-refractivity contribution in [3.05, 3.63) is 75.6 Å². The Morgan fingerprint density at radius 3 is 2.45 bits per heavy atom. The lowest BCUT2D eigenvalue weighted by Gasteiger charge is -2.04. The maximum Gasteiger partial charge on any atom is 0.338 e. The number of ketones is 1. The third kappa shape index (κ3) is 3.72. The first-order valence-electron chi connectivity index (χ1n) is 6.18. The van der Waals surface area contributed by atoms with Crippen molar-refractivity contribution in [2.45, 2.75) is 0 Å². The number of Topliss-reactive ketones (excluding diaryl/α,β-unsaturated/α-hetero) is 1. The van der Waals surface area contributed by atoms with Gasteiger partial charge in [0.05, 0.1) is 10.5 Å². The summed E-state index contributed by atoms with van der Waals surface area (Å²) in [6, 6.07) is 9.93. The highest BCUT2D eigenvalue weighted by atomic mass is 19.1. The van der Waals surface area contributed by atoms with E-state index in [1.807, 2.05) is 0 Å². The molecule has 2 aromatic carbocycles. The van der Waals surface area contributed by atoms with Crippen molar-refractivity contribution in [3.63, 3.8) is 0 Å². The summed E-state index contributed by atoms with van der Waals surface area (Å²) in [4.78, 5) is 33.5. The molecule has 2 aromatic rings. The average Bonchev–Trinajstić information content (AvgIpc) is 2.52. The highest BCUT2D eigenvalue weighted by Gasteiger charge is 2.15. The second kappa shape index (κ2) is 6.57. The van der Waals surface area contributed by atoms with E-state index in [9.17, 15) is 24.1 Å². The van der Waals surface area contributed by atoms with E-state index in [-0.39, 0.29) is 16.8 Å². The molecule has 0 N–H and O–H groups in total. The standard InChI is InChI=1S/C15H10FNO5/c16-12-5-1-3-10(7-12)14(18)9-22-15(19)11-4-2-6-13(8-11)17(20)21/h1-8H,9H2. The Morgan fingerprint density at radius 2 is 1.77 bits per heavy atom. The van der Waals surface area contributed by atoms with Gasteiger partial charge < -0.3 is 4.74 Å². The van der Waals surface area contributed by atoms with E-state index in [1.165, 1.54) is 36.4 Å². The molecule has 7 heteroatoms. The molecule has 0 heterocycles. The maximum absolute atomic E-state index is 13.0. The van der Waals surface area contributed by atoms with Crippen molar-refractivity contribution in [2.24, 2.45) is 0 Å². The van der Waals surface area contributed by atoms with Gasteiger partial charge in [-0.05, 0) is 18.2 Å². The van der Waals surface area contributed by atoms with Gasteiger partial charge in [0.15, 0.2) is 12.4 Å². The van der Waals surface area contributed by atoms with Gasteiger partial charge in [0.2, 0.25) is 0 Å². The number of rotatable bonds is 5. The summed E-state index contributed by atoms with van der Waals surface area (Å²) < 4.78 is 17.8. The van der Waals surface area contributed by atoms with Crippen LogP contribution in [0, 0.1) is 15.9 Å². The van der Waals surface area contributed by atoms with E-state index >= 15 is 0 Å². The molecule has 0 spiro atoms. The summed E-state index contributed by atoms with van der Waals surface area (Å²) >= 11 is 0. The summed E-state index contributed by atoms with van der Waals surface area (Å²) in [5.41, 5.74) is -0.223. The van der Waals surface area contributed by atoms with E-state index in [1.54, 1.807) is 0 Å². The first kappa shape index (κ1) is 15.3. The van der Waals surface area contributed by atoms with Gasteiger partial charge in [-0.25, -0.2) is 9.18 Å². The number of non-ortho nitro benzene ring substituents is 1. The van der Waals surface area contributed by atoms with Gasteiger partial charge in [-0.3, -0.25) is 14.9 Å². The Morgan fingerprint density at radius 1 is 1.09 bits per heavy atom. The van der Waals surface area contributed by atoms with Crippen LogP contribution in [0.5, 0.6) is 0 Å². The summed E-state index contributed by atoms with van der Waals surface area (Å²) in [5.74, 6) is -2.01. The molecule has 0 amide bonds. The summed E-state index contributed by atoms with van der Waals surface area (Å²) in [6.45, 7) is -0.578. The van der Waals surface area contributed by atoms with Crippen LogP contribution in [0.2, 0.25) is 0 Å². The van der Waals surface area contributed by atoms with Gasteiger partial charge in [0, 0.05) is 17.7 Å². The molecule has 0 saturated carbocycles. The van der Waals surface area contributed by atoms with Crippen LogP contribution >= 0.6 is 0 Å². The molecule has 0 radical (unpaired) electrons. The van der Waals surface area contributed by atoms with Crippen molar-refractivity contribution in [3.8, 4) is 0 Å². The zero-order chi connectivity index (χ0) is 16.1. The molecule has 0 bridgehead atoms. The smallest absolute Gasteiger partial charge is 0.338 e. The molecule has 22 heavy (non-hydrogen) atoms. The molecule has 112 valence electrons. The number of esters is 1. The SMILES string of the molecule is O=C(COC(=O)c1cccc([N+](=O)[O-])c1)c1cccc(F)c1. The lowest BCUT2D eigenvalue weighted by Crippen LogP contribution is -2.14. The van der Waals surface area contributed by atoms with Crippen LogP contribution in [0.1, 0.15) is 20.7 Å². The van der Waals surface area contributed by atoms with Gasteiger partial charge >= 0.3 is 5.97 Å². The predicted molar refractivity (Wildman–Crippen MR) is 74.1 cm³/mol. The number of nitro groups is 1. The van der Waals surface area contributed by atoms with Crippen molar-refractivity contribution in [1.29, 1.82) is 0 Å². The van der Waals surface area contributed by atoms with E-state index in [0.717, 1.165) is 12.1 Å². The van der Waals surface area contributed by atoms with E-state index in [0.29, 0.717) is 0 Å². The molecule has 0 aromatic heterocycles. The third-order valence-electron chi connectivity index (χ3n) is 2.77. The third-order valence-corrected chi connectivity index (χ3v) is 2.77. The molecule has 0 saturated heterocycles. The van der Waals surface area contributed by atoms with Gasteiger partial charge in [-0.2, -0.15) is 0 Å². The van der Waals surface area contributed by atoms with E-state index < -0.39 is 29.1 Å². The molecule has 0 aliphatic carbocycles.